The lowest BCUT2D eigenvalue weighted by Gasteiger charge is -2.22. The highest BCUT2D eigenvalue weighted by molar-refractivity contribution is 7.80. The molecule has 3 rings (SSSR count). The van der Waals surface area contributed by atoms with E-state index in [0.717, 1.165) is 22.5 Å². The van der Waals surface area contributed by atoms with E-state index in [9.17, 15) is 9.59 Å². The van der Waals surface area contributed by atoms with Crippen molar-refractivity contribution in [2.75, 3.05) is 38.0 Å². The SMILES string of the molecule is CN(C)c1ccc(C(=C2C(=O)NC(=S)NC2=O)c2ccc(N(C)C)cc2)cc1. The number of benzene rings is 2. The van der Waals surface area contributed by atoms with E-state index < -0.39 is 11.8 Å². The minimum Gasteiger partial charge on any atom is -0.378 e. The van der Waals surface area contributed by atoms with Crippen LogP contribution in [0.15, 0.2) is 54.1 Å². The average molecular weight is 395 g/mol. The summed E-state index contributed by atoms with van der Waals surface area (Å²) in [5, 5.41) is 5.07. The summed E-state index contributed by atoms with van der Waals surface area (Å²) >= 11 is 4.93. The van der Waals surface area contributed by atoms with Crippen LogP contribution in [0.1, 0.15) is 11.1 Å². The fourth-order valence-corrected chi connectivity index (χ4v) is 3.19. The number of rotatable bonds is 4. The number of thiocarbonyl (C=S) groups is 1. The molecule has 7 heteroatoms. The predicted octanol–water partition coefficient (Wildman–Crippen LogP) is 2.15. The van der Waals surface area contributed by atoms with Gasteiger partial charge in [-0.25, -0.2) is 0 Å². The molecule has 144 valence electrons. The van der Waals surface area contributed by atoms with Gasteiger partial charge in [-0.3, -0.25) is 20.2 Å². The lowest BCUT2D eigenvalue weighted by molar-refractivity contribution is -0.123. The van der Waals surface area contributed by atoms with Crippen molar-refractivity contribution in [3.63, 3.8) is 0 Å². The van der Waals surface area contributed by atoms with Gasteiger partial charge in [-0.1, -0.05) is 24.3 Å². The van der Waals surface area contributed by atoms with Crippen molar-refractivity contribution >= 4 is 46.1 Å². The van der Waals surface area contributed by atoms with E-state index in [1.165, 1.54) is 0 Å². The quantitative estimate of drug-likeness (QED) is 0.473. The number of hydrogen-bond donors (Lipinski definition) is 2. The Morgan fingerprint density at radius 2 is 1.07 bits per heavy atom. The van der Waals surface area contributed by atoms with Gasteiger partial charge in [0, 0.05) is 45.1 Å². The lowest BCUT2D eigenvalue weighted by atomic mass is 9.91. The molecule has 1 fully saturated rings. The number of carbonyl (C=O) groups excluding carboxylic acids is 2. The van der Waals surface area contributed by atoms with Crippen molar-refractivity contribution in [3.05, 3.63) is 65.2 Å². The molecular formula is C21H22N4O2S. The smallest absolute Gasteiger partial charge is 0.263 e. The maximum Gasteiger partial charge on any atom is 0.263 e. The van der Waals surface area contributed by atoms with E-state index in [4.69, 9.17) is 12.2 Å². The van der Waals surface area contributed by atoms with Gasteiger partial charge in [0.05, 0.1) is 0 Å². The van der Waals surface area contributed by atoms with Crippen molar-refractivity contribution in [3.8, 4) is 0 Å². The average Bonchev–Trinajstić information content (AvgIpc) is 2.64. The highest BCUT2D eigenvalue weighted by Crippen LogP contribution is 2.30. The first-order valence-electron chi connectivity index (χ1n) is 8.74. The summed E-state index contributed by atoms with van der Waals surface area (Å²) in [5.41, 5.74) is 4.20. The maximum absolute atomic E-state index is 12.6. The molecule has 2 aromatic rings. The Labute approximate surface area is 169 Å². The standard InChI is InChI=1S/C21H22N4O2S/c1-24(2)15-9-5-13(6-10-15)17(14-7-11-16(12-8-14)25(3)4)18-19(26)22-21(28)23-20(18)27/h5-12H,1-4H3,(H2,22,23,26,27,28). The van der Waals surface area contributed by atoms with Crippen molar-refractivity contribution < 1.29 is 9.59 Å². The molecule has 1 heterocycles. The summed E-state index contributed by atoms with van der Waals surface area (Å²) in [4.78, 5) is 29.2. The van der Waals surface area contributed by atoms with Crippen LogP contribution in [0.5, 0.6) is 0 Å². The van der Waals surface area contributed by atoms with Crippen molar-refractivity contribution in [1.82, 2.24) is 10.6 Å². The van der Waals surface area contributed by atoms with Gasteiger partial charge in [0.15, 0.2) is 5.11 Å². The normalized spacial score (nSPS) is 13.7. The summed E-state index contributed by atoms with van der Waals surface area (Å²) in [5.74, 6) is -1.01. The first kappa shape index (κ1) is 19.6. The van der Waals surface area contributed by atoms with E-state index in [-0.39, 0.29) is 10.7 Å². The molecule has 0 bridgehead atoms. The van der Waals surface area contributed by atoms with Gasteiger partial charge in [0.25, 0.3) is 11.8 Å². The monoisotopic (exact) mass is 394 g/mol. The molecule has 0 radical (unpaired) electrons. The molecule has 2 amide bonds. The summed E-state index contributed by atoms with van der Waals surface area (Å²) in [6.07, 6.45) is 0. The predicted molar refractivity (Wildman–Crippen MR) is 116 cm³/mol. The second-order valence-corrected chi connectivity index (χ2v) is 7.28. The molecule has 0 aromatic heterocycles. The van der Waals surface area contributed by atoms with Crippen LogP contribution in [0.25, 0.3) is 5.57 Å². The summed E-state index contributed by atoms with van der Waals surface area (Å²) in [6, 6.07) is 15.4. The fraction of sp³-hybridized carbons (Fsp3) is 0.190. The molecule has 2 aromatic carbocycles. The van der Waals surface area contributed by atoms with E-state index in [0.29, 0.717) is 5.57 Å². The maximum atomic E-state index is 12.6. The van der Waals surface area contributed by atoms with Crippen LogP contribution in [0.2, 0.25) is 0 Å². The first-order chi connectivity index (χ1) is 13.3. The number of carbonyl (C=O) groups is 2. The van der Waals surface area contributed by atoms with Crippen LogP contribution in [0.4, 0.5) is 11.4 Å². The van der Waals surface area contributed by atoms with E-state index in [1.807, 2.05) is 86.5 Å². The molecule has 6 nitrogen and oxygen atoms in total. The molecule has 2 N–H and O–H groups in total. The molecule has 0 atom stereocenters. The Bertz CT molecular complexity index is 885. The fourth-order valence-electron chi connectivity index (χ4n) is 3.00. The van der Waals surface area contributed by atoms with Gasteiger partial charge in [-0.15, -0.1) is 0 Å². The van der Waals surface area contributed by atoms with Gasteiger partial charge < -0.3 is 9.80 Å². The molecule has 1 aliphatic heterocycles. The van der Waals surface area contributed by atoms with E-state index in [2.05, 4.69) is 10.6 Å². The van der Waals surface area contributed by atoms with Crippen LogP contribution < -0.4 is 20.4 Å². The first-order valence-corrected chi connectivity index (χ1v) is 9.15. The Balaban J connectivity index is 2.19. The second kappa shape index (κ2) is 7.82. The second-order valence-electron chi connectivity index (χ2n) is 6.87. The number of nitrogens with zero attached hydrogens (tertiary/aromatic N) is 2. The topological polar surface area (TPSA) is 64.7 Å². The zero-order valence-corrected chi connectivity index (χ0v) is 17.1. The third-order valence-electron chi connectivity index (χ3n) is 4.50. The van der Waals surface area contributed by atoms with Crippen molar-refractivity contribution in [1.29, 1.82) is 0 Å². The zero-order valence-electron chi connectivity index (χ0n) is 16.2. The molecular weight excluding hydrogens is 372 g/mol. The molecule has 0 saturated carbocycles. The van der Waals surface area contributed by atoms with Gasteiger partial charge >= 0.3 is 0 Å². The van der Waals surface area contributed by atoms with Crippen molar-refractivity contribution in [2.24, 2.45) is 0 Å². The molecule has 1 saturated heterocycles. The number of anilines is 2. The number of hydrogen-bond acceptors (Lipinski definition) is 5. The highest BCUT2D eigenvalue weighted by Gasteiger charge is 2.30. The van der Waals surface area contributed by atoms with Gasteiger partial charge in [0.1, 0.15) is 5.57 Å². The number of amides is 2. The number of nitrogens with one attached hydrogen (secondary N) is 2. The van der Waals surface area contributed by atoms with E-state index >= 15 is 0 Å². The molecule has 0 spiro atoms. The third-order valence-corrected chi connectivity index (χ3v) is 4.71. The van der Waals surface area contributed by atoms with Crippen LogP contribution in [0, 0.1) is 0 Å². The summed E-state index contributed by atoms with van der Waals surface area (Å²) < 4.78 is 0. The summed E-state index contributed by atoms with van der Waals surface area (Å²) in [7, 11) is 7.82. The Morgan fingerprint density at radius 1 is 0.714 bits per heavy atom. The van der Waals surface area contributed by atoms with Crippen LogP contribution in [0.3, 0.4) is 0 Å². The molecule has 0 unspecified atom stereocenters. The molecule has 0 aliphatic carbocycles. The molecule has 28 heavy (non-hydrogen) atoms. The van der Waals surface area contributed by atoms with Crippen LogP contribution in [-0.2, 0) is 9.59 Å². The minimum absolute atomic E-state index is 0.0176. The Morgan fingerprint density at radius 3 is 1.39 bits per heavy atom. The van der Waals surface area contributed by atoms with Gasteiger partial charge in [0.2, 0.25) is 0 Å². The Kier molecular flexibility index (Phi) is 5.46. The van der Waals surface area contributed by atoms with Gasteiger partial charge in [-0.2, -0.15) is 0 Å². The van der Waals surface area contributed by atoms with Crippen LogP contribution >= 0.6 is 12.2 Å². The summed E-state index contributed by atoms with van der Waals surface area (Å²) in [6.45, 7) is 0. The lowest BCUT2D eigenvalue weighted by Crippen LogP contribution is -2.51. The zero-order chi connectivity index (χ0) is 20.4. The molecule has 1 aliphatic rings. The minimum atomic E-state index is -0.503. The van der Waals surface area contributed by atoms with E-state index in [1.54, 1.807) is 0 Å². The van der Waals surface area contributed by atoms with Gasteiger partial charge in [-0.05, 0) is 47.6 Å². The van der Waals surface area contributed by atoms with Crippen molar-refractivity contribution in [2.45, 2.75) is 0 Å². The highest BCUT2D eigenvalue weighted by atomic mass is 32.1. The van der Waals surface area contributed by atoms with Crippen LogP contribution in [-0.4, -0.2) is 45.1 Å². The largest absolute Gasteiger partial charge is 0.378 e. The third kappa shape index (κ3) is 3.89. The Hall–Kier alpha value is -3.19.